The number of fused-ring (bicyclic) bond motifs is 1. The van der Waals surface area contributed by atoms with Gasteiger partial charge in [-0.2, -0.15) is 0 Å². The Morgan fingerprint density at radius 3 is 2.56 bits per heavy atom. The van der Waals surface area contributed by atoms with E-state index in [9.17, 15) is 0 Å². The van der Waals surface area contributed by atoms with E-state index in [1.807, 2.05) is 0 Å². The van der Waals surface area contributed by atoms with Crippen molar-refractivity contribution in [2.75, 3.05) is 45.2 Å². The Morgan fingerprint density at radius 2 is 1.84 bits per heavy atom. The molecule has 1 aliphatic heterocycles. The first-order valence-corrected chi connectivity index (χ1v) is 12.4. The zero-order valence-electron chi connectivity index (χ0n) is 19.6. The van der Waals surface area contributed by atoms with Gasteiger partial charge in [0.15, 0.2) is 5.42 Å². The van der Waals surface area contributed by atoms with Gasteiger partial charge in [-0.05, 0) is 83.0 Å². The summed E-state index contributed by atoms with van der Waals surface area (Å²) >= 11 is 0. The highest BCUT2D eigenvalue weighted by atomic mass is 16.5. The van der Waals surface area contributed by atoms with Crippen molar-refractivity contribution < 1.29 is 9.26 Å². The number of ether oxygens (including phenoxy) is 1. The molecule has 0 spiro atoms. The normalized spacial score (nSPS) is 21.7. The minimum absolute atomic E-state index is 0.133. The first-order chi connectivity index (χ1) is 15.7. The predicted molar refractivity (Wildman–Crippen MR) is 129 cm³/mol. The molecule has 172 valence electrons. The monoisotopic (exact) mass is 435 g/mol. The quantitative estimate of drug-likeness (QED) is 0.605. The predicted octanol–water partition coefficient (Wildman–Crippen LogP) is 3.22. The fourth-order valence-corrected chi connectivity index (χ4v) is 5.15. The summed E-state index contributed by atoms with van der Waals surface area (Å²) in [7, 11) is 4.23. The van der Waals surface area contributed by atoms with Gasteiger partial charge >= 0.3 is 0 Å². The number of aromatic nitrogens is 1. The number of aryl methyl sites for hydroxylation is 1. The van der Waals surface area contributed by atoms with Gasteiger partial charge in [-0.1, -0.05) is 29.4 Å². The fourth-order valence-electron chi connectivity index (χ4n) is 5.15. The molecule has 0 N–H and O–H groups in total. The van der Waals surface area contributed by atoms with Crippen molar-refractivity contribution in [2.45, 2.75) is 51.0 Å². The third-order valence-corrected chi connectivity index (χ3v) is 7.26. The minimum Gasteiger partial charge on any atom is -0.373 e. The molecule has 3 aliphatic rings. The van der Waals surface area contributed by atoms with Crippen molar-refractivity contribution in [3.05, 3.63) is 46.7 Å². The van der Waals surface area contributed by atoms with Crippen LogP contribution in [0.25, 0.3) is 11.6 Å². The summed E-state index contributed by atoms with van der Waals surface area (Å²) in [6.07, 6.45) is 10.7. The molecule has 2 heterocycles. The van der Waals surface area contributed by atoms with Gasteiger partial charge in [0, 0.05) is 36.1 Å². The number of hydrogen-bond donors (Lipinski definition) is 0. The highest BCUT2D eigenvalue weighted by Gasteiger charge is 2.28. The largest absolute Gasteiger partial charge is 0.373 e. The molecule has 2 fully saturated rings. The molecule has 0 radical (unpaired) electrons. The molecule has 1 saturated carbocycles. The van der Waals surface area contributed by atoms with E-state index in [1.165, 1.54) is 48.6 Å². The van der Waals surface area contributed by atoms with Gasteiger partial charge in [-0.3, -0.25) is 0 Å². The van der Waals surface area contributed by atoms with Crippen LogP contribution in [0.3, 0.4) is 0 Å². The lowest BCUT2D eigenvalue weighted by Crippen LogP contribution is -2.39. The summed E-state index contributed by atoms with van der Waals surface area (Å²) in [6, 6.07) is 10.8. The molecule has 0 amide bonds. The summed E-state index contributed by atoms with van der Waals surface area (Å²) in [6.45, 7) is 4.05. The second-order valence-electron chi connectivity index (χ2n) is 10.1. The second kappa shape index (κ2) is 9.80. The molecule has 1 aromatic heterocycles. The summed E-state index contributed by atoms with van der Waals surface area (Å²) in [5.74, 6) is 1.54. The number of piperidine rings is 1. The number of hydrogen-bond acceptors (Lipinski definition) is 5. The molecular formula is C27H37N3O2. The first kappa shape index (κ1) is 21.7. The lowest BCUT2D eigenvalue weighted by atomic mass is 9.90. The summed E-state index contributed by atoms with van der Waals surface area (Å²) in [5.41, 5.74) is 4.73. The molecule has 5 nitrogen and oxygen atoms in total. The molecule has 1 atom stereocenters. The van der Waals surface area contributed by atoms with Crippen LogP contribution in [0, 0.1) is 11.8 Å². The highest BCUT2D eigenvalue weighted by molar-refractivity contribution is 5.55. The van der Waals surface area contributed by atoms with Gasteiger partial charge in [0.25, 0.3) is 0 Å². The third kappa shape index (κ3) is 5.10. The zero-order chi connectivity index (χ0) is 21.9. The van der Waals surface area contributed by atoms with Crippen LogP contribution < -0.4 is 15.5 Å². The van der Waals surface area contributed by atoms with E-state index < -0.39 is 0 Å². The number of para-hydroxylation sites is 1. The van der Waals surface area contributed by atoms with E-state index >= 15 is 0 Å². The zero-order valence-corrected chi connectivity index (χ0v) is 19.6. The second-order valence-corrected chi connectivity index (χ2v) is 10.1. The average Bonchev–Trinajstić information content (AvgIpc) is 3.55. The molecule has 1 unspecified atom stereocenters. The Hall–Kier alpha value is -2.11. The van der Waals surface area contributed by atoms with E-state index in [1.54, 1.807) is 0 Å². The molecule has 2 aromatic rings. The van der Waals surface area contributed by atoms with Crippen molar-refractivity contribution >= 4 is 17.3 Å². The Labute approximate surface area is 191 Å². The van der Waals surface area contributed by atoms with Gasteiger partial charge in [-0.15, -0.1) is 0 Å². The van der Waals surface area contributed by atoms with E-state index in [4.69, 9.17) is 9.26 Å². The van der Waals surface area contributed by atoms with E-state index in [-0.39, 0.29) is 6.10 Å². The Balaban J connectivity index is 1.23. The van der Waals surface area contributed by atoms with Gasteiger partial charge in [-0.25, -0.2) is 0 Å². The summed E-state index contributed by atoms with van der Waals surface area (Å²) in [5, 5.41) is 5.76. The van der Waals surface area contributed by atoms with Crippen LogP contribution in [-0.2, 0) is 11.2 Å². The molecule has 1 saturated heterocycles. The van der Waals surface area contributed by atoms with Crippen LogP contribution in [0.1, 0.15) is 44.2 Å². The number of nitrogens with zero attached hydrogens (tertiary/aromatic N) is 3. The fraction of sp³-hybridized carbons (Fsp3) is 0.593. The van der Waals surface area contributed by atoms with Crippen molar-refractivity contribution in [2.24, 2.45) is 11.8 Å². The molecule has 32 heavy (non-hydrogen) atoms. The maximum absolute atomic E-state index is 6.30. The average molecular weight is 436 g/mol. The Bertz CT molecular complexity index is 1000. The Morgan fingerprint density at radius 1 is 1.06 bits per heavy atom. The topological polar surface area (TPSA) is 41.7 Å². The van der Waals surface area contributed by atoms with E-state index in [0.29, 0.717) is 0 Å². The Kier molecular flexibility index (Phi) is 6.65. The van der Waals surface area contributed by atoms with Crippen LogP contribution in [0.15, 0.2) is 34.9 Å². The van der Waals surface area contributed by atoms with Crippen molar-refractivity contribution in [1.82, 2.24) is 10.1 Å². The van der Waals surface area contributed by atoms with Crippen LogP contribution in [0.4, 0.5) is 5.69 Å². The lowest BCUT2D eigenvalue weighted by molar-refractivity contribution is 0.0815. The van der Waals surface area contributed by atoms with Crippen LogP contribution in [0.2, 0.25) is 0 Å². The van der Waals surface area contributed by atoms with Gasteiger partial charge in [0.2, 0.25) is 0 Å². The maximum atomic E-state index is 6.30. The molecule has 0 bridgehead atoms. The molecule has 5 heteroatoms. The van der Waals surface area contributed by atoms with Gasteiger partial charge in [0.1, 0.15) is 0 Å². The van der Waals surface area contributed by atoms with Crippen molar-refractivity contribution in [1.29, 1.82) is 0 Å². The number of benzene rings is 1. The lowest BCUT2D eigenvalue weighted by Gasteiger charge is -2.33. The first-order valence-electron chi connectivity index (χ1n) is 12.4. The molecule has 1 aromatic carbocycles. The van der Waals surface area contributed by atoms with E-state index in [2.05, 4.69) is 65.5 Å². The number of anilines is 1. The maximum Gasteiger partial charge on any atom is 0.169 e. The molecule has 2 aliphatic carbocycles. The SMILES string of the molecule is CN(C)CC1=c2onc(CCC3CCN(c4ccccc4)CC3)c2=CCC1OCC1CC1. The van der Waals surface area contributed by atoms with Crippen molar-refractivity contribution in [3.8, 4) is 0 Å². The standard InChI is InChI=1S/C27H37N3O2/c1-29(2)18-24-26(31-19-21-8-9-21)13-11-23-25(28-32-27(23)24)12-10-20-14-16-30(17-15-20)22-6-4-3-5-7-22/h3-7,11,20-21,26H,8-10,12-19H2,1-2H3. The summed E-state index contributed by atoms with van der Waals surface area (Å²) in [4.78, 5) is 4.73. The molecule has 5 rings (SSSR count). The van der Waals surface area contributed by atoms with E-state index in [0.717, 1.165) is 62.0 Å². The summed E-state index contributed by atoms with van der Waals surface area (Å²) < 4.78 is 12.2. The van der Waals surface area contributed by atoms with Crippen LogP contribution >= 0.6 is 0 Å². The van der Waals surface area contributed by atoms with Crippen LogP contribution in [-0.4, -0.2) is 56.5 Å². The smallest absolute Gasteiger partial charge is 0.169 e. The van der Waals surface area contributed by atoms with Gasteiger partial charge < -0.3 is 19.1 Å². The third-order valence-electron chi connectivity index (χ3n) is 7.26. The minimum atomic E-state index is 0.133. The molecular weight excluding hydrogens is 398 g/mol. The van der Waals surface area contributed by atoms with Crippen molar-refractivity contribution in [3.63, 3.8) is 0 Å². The number of rotatable bonds is 9. The van der Waals surface area contributed by atoms with Crippen LogP contribution in [0.5, 0.6) is 0 Å². The van der Waals surface area contributed by atoms with Gasteiger partial charge in [0.05, 0.1) is 18.4 Å². The highest BCUT2D eigenvalue weighted by Crippen LogP contribution is 2.30.